The summed E-state index contributed by atoms with van der Waals surface area (Å²) in [5, 5.41) is 0. The van der Waals surface area contributed by atoms with Gasteiger partial charge >= 0.3 is 5.97 Å². The highest BCUT2D eigenvalue weighted by Crippen LogP contribution is 2.44. The molecule has 1 aromatic heterocycles. The lowest BCUT2D eigenvalue weighted by Gasteiger charge is -2.15. The number of ether oxygens (including phenoxy) is 1. The van der Waals surface area contributed by atoms with Crippen molar-refractivity contribution in [2.24, 2.45) is 0 Å². The Labute approximate surface area is 130 Å². The molecule has 116 valence electrons. The first kappa shape index (κ1) is 14.9. The van der Waals surface area contributed by atoms with E-state index in [0.717, 1.165) is 5.76 Å². The van der Waals surface area contributed by atoms with Gasteiger partial charge in [-0.2, -0.15) is 0 Å². The molecule has 22 heavy (non-hydrogen) atoms. The van der Waals surface area contributed by atoms with Gasteiger partial charge in [0.05, 0.1) is 13.2 Å². The van der Waals surface area contributed by atoms with Crippen LogP contribution in [0.5, 0.6) is 0 Å². The van der Waals surface area contributed by atoms with Crippen molar-refractivity contribution in [3.63, 3.8) is 0 Å². The van der Waals surface area contributed by atoms with Gasteiger partial charge in [-0.05, 0) is 38.1 Å². The van der Waals surface area contributed by atoms with E-state index in [1.165, 1.54) is 12.0 Å². The number of benzene rings is 1. The van der Waals surface area contributed by atoms with Crippen molar-refractivity contribution in [3.8, 4) is 0 Å². The van der Waals surface area contributed by atoms with Crippen LogP contribution >= 0.6 is 0 Å². The molecule has 4 heteroatoms. The summed E-state index contributed by atoms with van der Waals surface area (Å²) in [5.74, 6) is 1.28. The van der Waals surface area contributed by atoms with Crippen LogP contribution in [-0.4, -0.2) is 30.6 Å². The van der Waals surface area contributed by atoms with E-state index in [1.54, 1.807) is 13.0 Å². The van der Waals surface area contributed by atoms with E-state index in [1.807, 2.05) is 12.1 Å². The van der Waals surface area contributed by atoms with Crippen LogP contribution in [-0.2, 0) is 11.3 Å². The van der Waals surface area contributed by atoms with Crippen LogP contribution < -0.4 is 0 Å². The molecule has 1 saturated carbocycles. The minimum atomic E-state index is -0.398. The number of carbonyl (C=O) groups excluding carboxylic acids is 1. The first-order valence-corrected chi connectivity index (χ1v) is 7.70. The minimum Gasteiger partial charge on any atom is -0.460 e. The average molecular weight is 299 g/mol. The van der Waals surface area contributed by atoms with Crippen LogP contribution in [0, 0.1) is 0 Å². The molecule has 1 aliphatic rings. The van der Waals surface area contributed by atoms with Gasteiger partial charge in [-0.25, -0.2) is 4.79 Å². The molecule has 4 nitrogen and oxygen atoms in total. The normalized spacial score (nSPS) is 20.1. The standard InChI is InChI=1S/C18H21NO3/c1-3-21-18(20)17-10-9-14(22-17)12-19(2)16-11-15(16)13-7-5-4-6-8-13/h4-10,15-16H,3,11-12H2,1-2H3/t15-,16+/m0/s1. The summed E-state index contributed by atoms with van der Waals surface area (Å²) in [5.41, 5.74) is 1.39. The molecule has 2 atom stereocenters. The fourth-order valence-corrected chi connectivity index (χ4v) is 2.87. The minimum absolute atomic E-state index is 0.278. The highest BCUT2D eigenvalue weighted by atomic mass is 16.5. The maximum Gasteiger partial charge on any atom is 0.374 e. The third-order valence-electron chi connectivity index (χ3n) is 4.09. The molecule has 0 saturated heterocycles. The number of likely N-dealkylation sites (N-methyl/N-ethyl adjacent to an activating group) is 1. The summed E-state index contributed by atoms with van der Waals surface area (Å²) in [6, 6.07) is 14.7. The lowest BCUT2D eigenvalue weighted by atomic mass is 10.1. The molecule has 0 bridgehead atoms. The number of furan rings is 1. The number of carbonyl (C=O) groups is 1. The Kier molecular flexibility index (Phi) is 4.29. The topological polar surface area (TPSA) is 42.7 Å². The van der Waals surface area contributed by atoms with Crippen molar-refractivity contribution >= 4 is 5.97 Å². The van der Waals surface area contributed by atoms with Gasteiger partial charge < -0.3 is 9.15 Å². The summed E-state index contributed by atoms with van der Waals surface area (Å²) in [6.45, 7) is 2.84. The number of nitrogens with zero attached hydrogens (tertiary/aromatic N) is 1. The lowest BCUT2D eigenvalue weighted by molar-refractivity contribution is 0.0486. The first-order chi connectivity index (χ1) is 10.7. The van der Waals surface area contributed by atoms with E-state index in [0.29, 0.717) is 25.1 Å². The summed E-state index contributed by atoms with van der Waals surface area (Å²) < 4.78 is 10.5. The van der Waals surface area contributed by atoms with Crippen molar-refractivity contribution in [2.75, 3.05) is 13.7 Å². The van der Waals surface area contributed by atoms with Gasteiger partial charge in [-0.1, -0.05) is 30.3 Å². The van der Waals surface area contributed by atoms with Crippen molar-refractivity contribution in [3.05, 3.63) is 59.5 Å². The van der Waals surface area contributed by atoms with E-state index in [4.69, 9.17) is 9.15 Å². The van der Waals surface area contributed by atoms with Crippen LogP contribution in [0.15, 0.2) is 46.9 Å². The van der Waals surface area contributed by atoms with E-state index in [-0.39, 0.29) is 5.76 Å². The van der Waals surface area contributed by atoms with E-state index in [2.05, 4.69) is 36.2 Å². The Bertz CT molecular complexity index is 635. The fraction of sp³-hybridized carbons (Fsp3) is 0.389. The van der Waals surface area contributed by atoms with Gasteiger partial charge in [0.15, 0.2) is 0 Å². The molecule has 1 aliphatic carbocycles. The van der Waals surface area contributed by atoms with Crippen LogP contribution in [0.3, 0.4) is 0 Å². The highest BCUT2D eigenvalue weighted by molar-refractivity contribution is 5.86. The van der Waals surface area contributed by atoms with E-state index in [9.17, 15) is 4.79 Å². The molecule has 0 amide bonds. The average Bonchev–Trinajstić information content (AvgIpc) is 3.21. The maximum atomic E-state index is 11.6. The molecule has 0 spiro atoms. The number of hydrogen-bond donors (Lipinski definition) is 0. The molecular weight excluding hydrogens is 278 g/mol. The van der Waals surface area contributed by atoms with Gasteiger partial charge in [0.2, 0.25) is 5.76 Å². The third kappa shape index (κ3) is 3.22. The first-order valence-electron chi connectivity index (χ1n) is 7.70. The van der Waals surface area contributed by atoms with E-state index < -0.39 is 5.97 Å². The number of hydrogen-bond acceptors (Lipinski definition) is 4. The zero-order chi connectivity index (χ0) is 15.5. The van der Waals surface area contributed by atoms with Crippen LogP contribution in [0.25, 0.3) is 0 Å². The number of esters is 1. The Morgan fingerprint density at radius 2 is 2.05 bits per heavy atom. The van der Waals surface area contributed by atoms with Gasteiger partial charge in [0, 0.05) is 12.0 Å². The second-order valence-corrected chi connectivity index (χ2v) is 5.72. The van der Waals surface area contributed by atoms with Crippen molar-refractivity contribution in [1.82, 2.24) is 4.90 Å². The molecule has 0 radical (unpaired) electrons. The zero-order valence-electron chi connectivity index (χ0n) is 13.0. The molecule has 0 aliphatic heterocycles. The Hall–Kier alpha value is -2.07. The van der Waals surface area contributed by atoms with Crippen LogP contribution in [0.2, 0.25) is 0 Å². The Balaban J connectivity index is 1.57. The molecule has 1 aromatic carbocycles. The monoisotopic (exact) mass is 299 g/mol. The predicted octanol–water partition coefficient (Wildman–Crippen LogP) is 3.44. The maximum absolute atomic E-state index is 11.6. The van der Waals surface area contributed by atoms with Crippen LogP contribution in [0.1, 0.15) is 41.1 Å². The van der Waals surface area contributed by atoms with Gasteiger partial charge in [-0.3, -0.25) is 4.90 Å². The summed E-state index contributed by atoms with van der Waals surface area (Å²) in [7, 11) is 2.10. The summed E-state index contributed by atoms with van der Waals surface area (Å²) in [4.78, 5) is 13.9. The fourth-order valence-electron chi connectivity index (χ4n) is 2.87. The van der Waals surface area contributed by atoms with Gasteiger partial charge in [-0.15, -0.1) is 0 Å². The molecule has 2 aromatic rings. The predicted molar refractivity (Wildman–Crippen MR) is 83.7 cm³/mol. The Morgan fingerprint density at radius 1 is 1.27 bits per heavy atom. The molecular formula is C18H21NO3. The quantitative estimate of drug-likeness (QED) is 0.766. The summed E-state index contributed by atoms with van der Waals surface area (Å²) in [6.07, 6.45) is 1.17. The SMILES string of the molecule is CCOC(=O)c1ccc(CN(C)[C@@H]2C[C@H]2c2ccccc2)o1. The number of rotatable bonds is 6. The highest BCUT2D eigenvalue weighted by Gasteiger charge is 2.41. The second-order valence-electron chi connectivity index (χ2n) is 5.72. The zero-order valence-corrected chi connectivity index (χ0v) is 13.0. The molecule has 3 rings (SSSR count). The molecule has 1 heterocycles. The van der Waals surface area contributed by atoms with Gasteiger partial charge in [0.1, 0.15) is 5.76 Å². The molecule has 0 unspecified atom stereocenters. The van der Waals surface area contributed by atoms with Crippen molar-refractivity contribution in [2.45, 2.75) is 31.8 Å². The smallest absolute Gasteiger partial charge is 0.374 e. The summed E-state index contributed by atoms with van der Waals surface area (Å²) >= 11 is 0. The molecule has 1 fully saturated rings. The lowest BCUT2D eigenvalue weighted by Crippen LogP contribution is -2.21. The molecule has 0 N–H and O–H groups in total. The third-order valence-corrected chi connectivity index (χ3v) is 4.09. The van der Waals surface area contributed by atoms with Crippen molar-refractivity contribution < 1.29 is 13.9 Å². The second kappa shape index (κ2) is 6.36. The largest absolute Gasteiger partial charge is 0.460 e. The van der Waals surface area contributed by atoms with Crippen LogP contribution in [0.4, 0.5) is 0 Å². The van der Waals surface area contributed by atoms with Crippen molar-refractivity contribution in [1.29, 1.82) is 0 Å². The Morgan fingerprint density at radius 3 is 2.77 bits per heavy atom. The van der Waals surface area contributed by atoms with Gasteiger partial charge in [0.25, 0.3) is 0 Å². The van der Waals surface area contributed by atoms with E-state index >= 15 is 0 Å².